The summed E-state index contributed by atoms with van der Waals surface area (Å²) in [7, 11) is 0. The fourth-order valence-corrected chi connectivity index (χ4v) is 2.80. The van der Waals surface area contributed by atoms with E-state index in [0.29, 0.717) is 5.92 Å². The third-order valence-electron chi connectivity index (χ3n) is 4.50. The van der Waals surface area contributed by atoms with Crippen LogP contribution in [0.4, 0.5) is 0 Å². The minimum atomic E-state index is 0.205. The third kappa shape index (κ3) is 3.14. The van der Waals surface area contributed by atoms with Crippen LogP contribution in [0.2, 0.25) is 0 Å². The highest BCUT2D eigenvalue weighted by Crippen LogP contribution is 2.37. The van der Waals surface area contributed by atoms with Crippen molar-refractivity contribution >= 4 is 0 Å². The van der Waals surface area contributed by atoms with E-state index in [1.807, 2.05) is 0 Å². The second-order valence-corrected chi connectivity index (χ2v) is 5.94. The summed E-state index contributed by atoms with van der Waals surface area (Å²) in [5.41, 5.74) is 9.25. The molecule has 0 saturated heterocycles. The van der Waals surface area contributed by atoms with Crippen molar-refractivity contribution in [2.24, 2.45) is 11.7 Å². The molecule has 2 N–H and O–H groups in total. The highest BCUT2D eigenvalue weighted by atomic mass is 14.6. The molecule has 1 aliphatic rings. The van der Waals surface area contributed by atoms with Crippen molar-refractivity contribution in [2.45, 2.75) is 64.3 Å². The fraction of sp³-hybridized carbons (Fsp3) is 0.647. The van der Waals surface area contributed by atoms with Crippen LogP contribution in [0, 0.1) is 5.92 Å². The summed E-state index contributed by atoms with van der Waals surface area (Å²) in [6, 6.07) is 9.23. The molecule has 0 amide bonds. The summed E-state index contributed by atoms with van der Waals surface area (Å²) in [6.07, 6.45) is 7.92. The van der Waals surface area contributed by atoms with E-state index in [1.54, 1.807) is 0 Å². The number of benzene rings is 1. The highest BCUT2D eigenvalue weighted by Gasteiger charge is 2.21. The van der Waals surface area contributed by atoms with Gasteiger partial charge in [0.2, 0.25) is 0 Å². The monoisotopic (exact) mass is 245 g/mol. The SMILES string of the molecule is CCCCC(C)C(N)c1cccc(C2CCC2)c1. The molecular formula is C17H27N. The quantitative estimate of drug-likeness (QED) is 0.767. The van der Waals surface area contributed by atoms with Gasteiger partial charge in [-0.3, -0.25) is 0 Å². The smallest absolute Gasteiger partial charge is 0.0320 e. The van der Waals surface area contributed by atoms with Gasteiger partial charge in [0.1, 0.15) is 0 Å². The second-order valence-electron chi connectivity index (χ2n) is 5.94. The van der Waals surface area contributed by atoms with Crippen molar-refractivity contribution in [2.75, 3.05) is 0 Å². The molecule has 18 heavy (non-hydrogen) atoms. The van der Waals surface area contributed by atoms with Gasteiger partial charge >= 0.3 is 0 Å². The lowest BCUT2D eigenvalue weighted by molar-refractivity contribution is 0.412. The van der Waals surface area contributed by atoms with E-state index in [9.17, 15) is 0 Å². The molecular weight excluding hydrogens is 218 g/mol. The largest absolute Gasteiger partial charge is 0.324 e. The van der Waals surface area contributed by atoms with Gasteiger partial charge in [0.25, 0.3) is 0 Å². The molecule has 0 spiro atoms. The van der Waals surface area contributed by atoms with Crippen molar-refractivity contribution < 1.29 is 0 Å². The van der Waals surface area contributed by atoms with Crippen LogP contribution in [0.5, 0.6) is 0 Å². The minimum Gasteiger partial charge on any atom is -0.324 e. The maximum atomic E-state index is 6.41. The van der Waals surface area contributed by atoms with Crippen LogP contribution in [0.25, 0.3) is 0 Å². The summed E-state index contributed by atoms with van der Waals surface area (Å²) >= 11 is 0. The van der Waals surface area contributed by atoms with Crippen LogP contribution in [0.15, 0.2) is 24.3 Å². The molecule has 1 aromatic carbocycles. The fourth-order valence-electron chi connectivity index (χ4n) is 2.80. The second kappa shape index (κ2) is 6.38. The van der Waals surface area contributed by atoms with Gasteiger partial charge in [-0.1, -0.05) is 57.4 Å². The van der Waals surface area contributed by atoms with Gasteiger partial charge in [-0.25, -0.2) is 0 Å². The number of hydrogen-bond acceptors (Lipinski definition) is 1. The van der Waals surface area contributed by atoms with Crippen molar-refractivity contribution in [1.82, 2.24) is 0 Å². The Labute approximate surface area is 112 Å². The number of unbranched alkanes of at least 4 members (excludes halogenated alkanes) is 1. The molecule has 1 nitrogen and oxygen atoms in total. The lowest BCUT2D eigenvalue weighted by Crippen LogP contribution is -2.19. The van der Waals surface area contributed by atoms with Gasteiger partial charge in [-0.2, -0.15) is 0 Å². The van der Waals surface area contributed by atoms with Crippen LogP contribution < -0.4 is 5.73 Å². The predicted octanol–water partition coefficient (Wildman–Crippen LogP) is 4.78. The van der Waals surface area contributed by atoms with Gasteiger partial charge in [-0.05, 0) is 42.2 Å². The summed E-state index contributed by atoms with van der Waals surface area (Å²) < 4.78 is 0. The Morgan fingerprint density at radius 2 is 2.11 bits per heavy atom. The topological polar surface area (TPSA) is 26.0 Å². The van der Waals surface area contributed by atoms with Crippen LogP contribution in [-0.4, -0.2) is 0 Å². The van der Waals surface area contributed by atoms with Crippen molar-refractivity contribution in [1.29, 1.82) is 0 Å². The Balaban J connectivity index is 2.02. The Bertz CT molecular complexity index is 368. The molecule has 0 aromatic heterocycles. The van der Waals surface area contributed by atoms with E-state index in [2.05, 4.69) is 38.1 Å². The molecule has 1 fully saturated rings. The van der Waals surface area contributed by atoms with Crippen molar-refractivity contribution in [3.05, 3.63) is 35.4 Å². The Morgan fingerprint density at radius 1 is 1.33 bits per heavy atom. The predicted molar refractivity (Wildman–Crippen MR) is 78.7 cm³/mol. The molecule has 0 radical (unpaired) electrons. The molecule has 1 aliphatic carbocycles. The third-order valence-corrected chi connectivity index (χ3v) is 4.50. The Morgan fingerprint density at radius 3 is 2.72 bits per heavy atom. The molecule has 1 aromatic rings. The van der Waals surface area contributed by atoms with Gasteiger partial charge in [0, 0.05) is 6.04 Å². The van der Waals surface area contributed by atoms with Crippen molar-refractivity contribution in [3.63, 3.8) is 0 Å². The number of rotatable bonds is 6. The molecule has 2 rings (SSSR count). The molecule has 0 aliphatic heterocycles. The standard InChI is InChI=1S/C17H27N/c1-3-4-7-13(2)17(18)16-11-6-10-15(12-16)14-8-5-9-14/h6,10-14,17H,3-5,7-9,18H2,1-2H3. The lowest BCUT2D eigenvalue weighted by atomic mass is 9.79. The van der Waals surface area contributed by atoms with E-state index >= 15 is 0 Å². The average molecular weight is 245 g/mol. The van der Waals surface area contributed by atoms with Crippen LogP contribution in [0.3, 0.4) is 0 Å². The van der Waals surface area contributed by atoms with Gasteiger partial charge in [0.15, 0.2) is 0 Å². The van der Waals surface area contributed by atoms with Crippen LogP contribution in [0.1, 0.15) is 75.5 Å². The summed E-state index contributed by atoms with van der Waals surface area (Å²) in [5, 5.41) is 0. The van der Waals surface area contributed by atoms with E-state index < -0.39 is 0 Å². The van der Waals surface area contributed by atoms with Crippen LogP contribution >= 0.6 is 0 Å². The maximum absolute atomic E-state index is 6.41. The first-order valence-corrected chi connectivity index (χ1v) is 7.57. The number of nitrogens with two attached hydrogens (primary N) is 1. The van der Waals surface area contributed by atoms with E-state index in [-0.39, 0.29) is 6.04 Å². The Hall–Kier alpha value is -0.820. The summed E-state index contributed by atoms with van der Waals surface area (Å²) in [6.45, 7) is 4.53. The van der Waals surface area contributed by atoms with Crippen molar-refractivity contribution in [3.8, 4) is 0 Å². The maximum Gasteiger partial charge on any atom is 0.0320 e. The Kier molecular flexibility index (Phi) is 4.82. The van der Waals surface area contributed by atoms with E-state index in [0.717, 1.165) is 5.92 Å². The molecule has 2 unspecified atom stereocenters. The normalized spacial score (nSPS) is 19.3. The van der Waals surface area contributed by atoms with E-state index in [4.69, 9.17) is 5.73 Å². The summed E-state index contributed by atoms with van der Waals surface area (Å²) in [5.74, 6) is 1.39. The summed E-state index contributed by atoms with van der Waals surface area (Å²) in [4.78, 5) is 0. The van der Waals surface area contributed by atoms with Crippen LogP contribution in [-0.2, 0) is 0 Å². The van der Waals surface area contributed by atoms with Gasteiger partial charge in [-0.15, -0.1) is 0 Å². The zero-order chi connectivity index (χ0) is 13.0. The average Bonchev–Trinajstić information content (AvgIpc) is 2.33. The van der Waals surface area contributed by atoms with E-state index in [1.165, 1.54) is 49.7 Å². The zero-order valence-corrected chi connectivity index (χ0v) is 11.9. The number of hydrogen-bond donors (Lipinski definition) is 1. The zero-order valence-electron chi connectivity index (χ0n) is 11.9. The molecule has 1 heteroatoms. The minimum absolute atomic E-state index is 0.205. The van der Waals surface area contributed by atoms with Gasteiger partial charge < -0.3 is 5.73 Å². The molecule has 100 valence electrons. The molecule has 0 bridgehead atoms. The molecule has 0 heterocycles. The first kappa shape index (κ1) is 13.6. The first-order chi connectivity index (χ1) is 8.72. The molecule has 1 saturated carbocycles. The molecule has 2 atom stereocenters. The first-order valence-electron chi connectivity index (χ1n) is 7.57. The highest BCUT2D eigenvalue weighted by molar-refractivity contribution is 5.29. The lowest BCUT2D eigenvalue weighted by Gasteiger charge is -2.27. The van der Waals surface area contributed by atoms with Gasteiger partial charge in [0.05, 0.1) is 0 Å².